The van der Waals surface area contributed by atoms with Gasteiger partial charge < -0.3 is 9.94 Å². The van der Waals surface area contributed by atoms with E-state index in [-0.39, 0.29) is 21.6 Å². The fourth-order valence-corrected chi connectivity index (χ4v) is 2.30. The van der Waals surface area contributed by atoms with Gasteiger partial charge in [0.1, 0.15) is 11.3 Å². The summed E-state index contributed by atoms with van der Waals surface area (Å²) in [4.78, 5) is 12.2. The zero-order valence-corrected chi connectivity index (χ0v) is 11.2. The number of Topliss-reactive ketones (excluding diaryl/α,β-unsaturated/α-hetero) is 1. The van der Waals surface area contributed by atoms with Crippen LogP contribution in [0.3, 0.4) is 0 Å². The molecule has 0 atom stereocenters. The number of hydrogen-bond acceptors (Lipinski definition) is 3. The third-order valence-electron chi connectivity index (χ3n) is 3.21. The van der Waals surface area contributed by atoms with Crippen molar-refractivity contribution in [3.63, 3.8) is 0 Å². The van der Waals surface area contributed by atoms with E-state index in [4.69, 9.17) is 0 Å². The minimum Gasteiger partial charge on any atom is -0.618 e. The van der Waals surface area contributed by atoms with E-state index in [1.165, 1.54) is 12.1 Å². The van der Waals surface area contributed by atoms with Crippen LogP contribution in [0.5, 0.6) is 5.75 Å². The molecular weight excluding hydrogens is 318 g/mol. The van der Waals surface area contributed by atoms with Crippen molar-refractivity contribution in [1.29, 1.82) is 0 Å². The second-order valence-electron chi connectivity index (χ2n) is 4.68. The molecule has 0 aliphatic carbocycles. The molecule has 0 fully saturated rings. The molecule has 0 radical (unpaired) electrons. The van der Waals surface area contributed by atoms with Crippen molar-refractivity contribution in [1.82, 2.24) is 0 Å². The summed E-state index contributed by atoms with van der Waals surface area (Å²) in [6.45, 7) is 0. The van der Waals surface area contributed by atoms with E-state index >= 15 is 0 Å². The molecule has 0 unspecified atom stereocenters. The Hall–Kier alpha value is -2.90. The van der Waals surface area contributed by atoms with E-state index in [1.807, 2.05) is 0 Å². The SMILES string of the molecule is O=C1C(c2ccc(OC(F)(F)F)cc2)=[N+]([O-])c2c(F)cccc21. The second-order valence-corrected chi connectivity index (χ2v) is 4.68. The molecule has 4 nitrogen and oxygen atoms in total. The highest BCUT2D eigenvalue weighted by Crippen LogP contribution is 2.31. The molecule has 1 aliphatic rings. The highest BCUT2D eigenvalue weighted by Gasteiger charge is 2.39. The van der Waals surface area contributed by atoms with E-state index in [0.717, 1.165) is 30.3 Å². The van der Waals surface area contributed by atoms with Gasteiger partial charge in [-0.05, 0) is 36.4 Å². The van der Waals surface area contributed by atoms with Gasteiger partial charge in [-0.15, -0.1) is 13.2 Å². The zero-order valence-electron chi connectivity index (χ0n) is 11.2. The number of ketones is 1. The number of halogens is 4. The number of nitrogens with zero attached hydrogens (tertiary/aromatic N) is 1. The molecule has 23 heavy (non-hydrogen) atoms. The predicted molar refractivity (Wildman–Crippen MR) is 71.3 cm³/mol. The Morgan fingerprint density at radius 1 is 1.04 bits per heavy atom. The fourth-order valence-electron chi connectivity index (χ4n) is 2.30. The highest BCUT2D eigenvalue weighted by atomic mass is 19.4. The smallest absolute Gasteiger partial charge is 0.573 e. The van der Waals surface area contributed by atoms with E-state index in [2.05, 4.69) is 4.74 Å². The van der Waals surface area contributed by atoms with Crippen LogP contribution in [0.25, 0.3) is 0 Å². The summed E-state index contributed by atoms with van der Waals surface area (Å²) < 4.78 is 53.9. The molecule has 0 N–H and O–H groups in total. The molecule has 118 valence electrons. The van der Waals surface area contributed by atoms with Gasteiger partial charge in [0.05, 0.1) is 5.56 Å². The van der Waals surface area contributed by atoms with Crippen LogP contribution in [-0.2, 0) is 0 Å². The Morgan fingerprint density at radius 3 is 2.26 bits per heavy atom. The van der Waals surface area contributed by atoms with Crippen LogP contribution in [-0.4, -0.2) is 22.6 Å². The number of carbonyl (C=O) groups is 1. The summed E-state index contributed by atoms with van der Waals surface area (Å²) >= 11 is 0. The maximum Gasteiger partial charge on any atom is 0.573 e. The normalized spacial score (nSPS) is 14.2. The van der Waals surface area contributed by atoms with Crippen molar-refractivity contribution in [2.75, 3.05) is 0 Å². The zero-order chi connectivity index (χ0) is 16.8. The summed E-state index contributed by atoms with van der Waals surface area (Å²) in [5.41, 5.74) is -0.785. The van der Waals surface area contributed by atoms with Gasteiger partial charge in [0.15, 0.2) is 5.82 Å². The minimum atomic E-state index is -4.85. The Bertz CT molecular complexity index is 826. The number of rotatable bonds is 2. The first-order chi connectivity index (χ1) is 10.8. The molecule has 8 heteroatoms. The van der Waals surface area contributed by atoms with Crippen LogP contribution in [0.4, 0.5) is 23.2 Å². The van der Waals surface area contributed by atoms with Crippen molar-refractivity contribution < 1.29 is 31.8 Å². The third kappa shape index (κ3) is 2.63. The Labute approximate surface area is 126 Å². The molecule has 2 aromatic rings. The van der Waals surface area contributed by atoms with Crippen molar-refractivity contribution >= 4 is 17.2 Å². The number of benzene rings is 2. The van der Waals surface area contributed by atoms with E-state index in [9.17, 15) is 27.6 Å². The van der Waals surface area contributed by atoms with Crippen molar-refractivity contribution in [3.05, 3.63) is 64.6 Å². The molecule has 1 aliphatic heterocycles. The Balaban J connectivity index is 2.00. The number of hydrogen-bond donors (Lipinski definition) is 0. The van der Waals surface area contributed by atoms with Gasteiger partial charge in [0, 0.05) is 0 Å². The molecule has 0 bridgehead atoms. The highest BCUT2D eigenvalue weighted by molar-refractivity contribution is 6.52. The summed E-state index contributed by atoms with van der Waals surface area (Å²) in [7, 11) is 0. The molecule has 1 heterocycles. The average Bonchev–Trinajstić information content (AvgIpc) is 2.72. The average molecular weight is 325 g/mol. The maximum absolute atomic E-state index is 13.7. The first kappa shape index (κ1) is 15.0. The van der Waals surface area contributed by atoms with Gasteiger partial charge in [0.2, 0.25) is 0 Å². The summed E-state index contributed by atoms with van der Waals surface area (Å²) in [5.74, 6) is -2.04. The van der Waals surface area contributed by atoms with Gasteiger partial charge in [-0.25, -0.2) is 0 Å². The molecule has 0 amide bonds. The Kier molecular flexibility index (Phi) is 3.32. The van der Waals surface area contributed by atoms with Gasteiger partial charge >= 0.3 is 6.36 Å². The minimum absolute atomic E-state index is 0.0649. The number of carbonyl (C=O) groups excluding carboxylic acids is 1. The fraction of sp³-hybridized carbons (Fsp3) is 0.0667. The summed E-state index contributed by atoms with van der Waals surface area (Å²) in [6, 6.07) is 7.83. The van der Waals surface area contributed by atoms with Gasteiger partial charge in [-0.3, -0.25) is 4.79 Å². The molecule has 2 aromatic carbocycles. The first-order valence-electron chi connectivity index (χ1n) is 6.31. The van der Waals surface area contributed by atoms with Crippen molar-refractivity contribution in [2.45, 2.75) is 6.36 Å². The van der Waals surface area contributed by atoms with E-state index in [1.54, 1.807) is 0 Å². The number of ether oxygens (including phenoxy) is 1. The summed E-state index contributed by atoms with van der Waals surface area (Å²) in [6.07, 6.45) is -4.85. The van der Waals surface area contributed by atoms with E-state index < -0.39 is 29.4 Å². The van der Waals surface area contributed by atoms with Crippen molar-refractivity contribution in [2.24, 2.45) is 0 Å². The van der Waals surface area contributed by atoms with Gasteiger partial charge in [0.25, 0.3) is 17.2 Å². The number of alkyl halides is 3. The lowest BCUT2D eigenvalue weighted by Crippen LogP contribution is -2.18. The van der Waals surface area contributed by atoms with E-state index in [0.29, 0.717) is 0 Å². The standard InChI is InChI=1S/C15H7F4NO3/c16-11-3-1-2-10-13(11)20(22)12(14(10)21)8-4-6-9(7-5-8)23-15(17,18)19/h1-7H. The van der Waals surface area contributed by atoms with Gasteiger partial charge in [-0.2, -0.15) is 9.13 Å². The number of fused-ring (bicyclic) bond motifs is 1. The number of para-hydroxylation sites is 1. The van der Waals surface area contributed by atoms with Crippen LogP contribution in [0, 0.1) is 11.0 Å². The molecule has 3 rings (SSSR count). The Morgan fingerprint density at radius 2 is 1.70 bits per heavy atom. The quantitative estimate of drug-likeness (QED) is 0.482. The largest absolute Gasteiger partial charge is 0.618 e. The third-order valence-corrected chi connectivity index (χ3v) is 3.21. The van der Waals surface area contributed by atoms with Crippen LogP contribution < -0.4 is 4.74 Å². The molecule has 0 spiro atoms. The van der Waals surface area contributed by atoms with Gasteiger partial charge in [-0.1, -0.05) is 6.07 Å². The van der Waals surface area contributed by atoms with Crippen molar-refractivity contribution in [3.8, 4) is 5.75 Å². The van der Waals surface area contributed by atoms with Crippen LogP contribution in [0.2, 0.25) is 0 Å². The predicted octanol–water partition coefficient (Wildman–Crippen LogP) is 3.55. The lowest BCUT2D eigenvalue weighted by Gasteiger charge is -2.08. The monoisotopic (exact) mass is 325 g/mol. The maximum atomic E-state index is 13.7. The molecule has 0 saturated heterocycles. The first-order valence-corrected chi connectivity index (χ1v) is 6.31. The molecule has 0 aromatic heterocycles. The molecular formula is C15H7F4NO3. The molecule has 0 saturated carbocycles. The summed E-state index contributed by atoms with van der Waals surface area (Å²) in [5, 5.41) is 12.1. The lowest BCUT2D eigenvalue weighted by molar-refractivity contribution is -0.358. The van der Waals surface area contributed by atoms with Crippen LogP contribution in [0.1, 0.15) is 15.9 Å². The van der Waals surface area contributed by atoms with Crippen LogP contribution in [0.15, 0.2) is 42.5 Å². The second kappa shape index (κ2) is 5.08. The topological polar surface area (TPSA) is 52.4 Å². The van der Waals surface area contributed by atoms with Crippen LogP contribution >= 0.6 is 0 Å². The lowest BCUT2D eigenvalue weighted by atomic mass is 10.0.